The predicted molar refractivity (Wildman–Crippen MR) is 77.7 cm³/mol. The van der Waals surface area contributed by atoms with Gasteiger partial charge in [0.2, 0.25) is 0 Å². The maximum absolute atomic E-state index is 12.3. The number of carbonyl (C=O) groups is 1. The van der Waals surface area contributed by atoms with Gasteiger partial charge >= 0.3 is 0 Å². The molecule has 0 aliphatic rings. The maximum Gasteiger partial charge on any atom is 0.264 e. The molecule has 1 N–H and O–H groups in total. The van der Waals surface area contributed by atoms with Crippen LogP contribution in [0.15, 0.2) is 0 Å². The highest BCUT2D eigenvalue weighted by atomic mass is 32.2. The molecule has 0 spiro atoms. The molecule has 0 saturated carbocycles. The van der Waals surface area contributed by atoms with Gasteiger partial charge in [0.15, 0.2) is 0 Å². The van der Waals surface area contributed by atoms with E-state index >= 15 is 0 Å². The predicted octanol–water partition coefficient (Wildman–Crippen LogP) is 3.32. The molecule has 1 unspecified atom stereocenters. The molecule has 0 amide bonds. The third-order valence-corrected chi connectivity index (χ3v) is 3.88. The van der Waals surface area contributed by atoms with Crippen LogP contribution in [0.3, 0.4) is 0 Å². The van der Waals surface area contributed by atoms with Crippen LogP contribution in [-0.2, 0) is 14.9 Å². The maximum atomic E-state index is 12.3. The lowest BCUT2D eigenvalue weighted by atomic mass is 9.69. The van der Waals surface area contributed by atoms with Crippen molar-refractivity contribution in [1.29, 1.82) is 0 Å². The smallest absolute Gasteiger partial charge is 0.264 e. The molecule has 19 heavy (non-hydrogen) atoms. The molecule has 1 atom stereocenters. The number of hydrogen-bond donors (Lipinski definition) is 1. The Morgan fingerprint density at radius 1 is 1.11 bits per heavy atom. The molecular formula is C14H28O4S. The summed E-state index contributed by atoms with van der Waals surface area (Å²) in [5.41, 5.74) is -0.0842. The molecule has 114 valence electrons. The first-order chi connectivity index (χ1) is 8.22. The number of ketones is 1. The molecule has 0 rings (SSSR count). The van der Waals surface area contributed by atoms with E-state index < -0.39 is 10.1 Å². The molecule has 0 fully saturated rings. The van der Waals surface area contributed by atoms with E-state index in [-0.39, 0.29) is 41.1 Å². The van der Waals surface area contributed by atoms with Crippen LogP contribution >= 0.6 is 0 Å². The standard InChI is InChI=1S/C14H28O4S/c1-13(2,3)10-11(14(4,5)6)12(15)8-7-9-19(16,17)18/h11H,7-10H2,1-6H3,(H,16,17,18). The summed E-state index contributed by atoms with van der Waals surface area (Å²) in [4.78, 5) is 12.3. The first-order valence-corrected chi connectivity index (χ1v) is 8.31. The number of carbonyl (C=O) groups excluding carboxylic acids is 1. The van der Waals surface area contributed by atoms with Crippen molar-refractivity contribution in [2.24, 2.45) is 16.7 Å². The lowest BCUT2D eigenvalue weighted by Crippen LogP contribution is -2.32. The van der Waals surface area contributed by atoms with Crippen LogP contribution in [0.2, 0.25) is 0 Å². The first-order valence-electron chi connectivity index (χ1n) is 6.70. The van der Waals surface area contributed by atoms with Crippen molar-refractivity contribution in [1.82, 2.24) is 0 Å². The fourth-order valence-electron chi connectivity index (χ4n) is 2.12. The molecule has 5 heteroatoms. The Morgan fingerprint density at radius 2 is 1.58 bits per heavy atom. The van der Waals surface area contributed by atoms with E-state index in [1.165, 1.54) is 0 Å². The van der Waals surface area contributed by atoms with Crippen molar-refractivity contribution >= 4 is 15.9 Å². The number of hydrogen-bond acceptors (Lipinski definition) is 3. The highest BCUT2D eigenvalue weighted by molar-refractivity contribution is 7.85. The van der Waals surface area contributed by atoms with Crippen LogP contribution in [-0.4, -0.2) is 24.5 Å². The Bertz CT molecular complexity index is 396. The molecule has 0 aromatic carbocycles. The Kier molecular flexibility index (Phi) is 6.21. The fourth-order valence-corrected chi connectivity index (χ4v) is 2.63. The van der Waals surface area contributed by atoms with Gasteiger partial charge in [-0.15, -0.1) is 0 Å². The molecule has 0 aliphatic carbocycles. The van der Waals surface area contributed by atoms with Crippen LogP contribution < -0.4 is 0 Å². The molecule has 0 bridgehead atoms. The SMILES string of the molecule is CC(C)(C)CC(C(=O)CCCS(=O)(=O)O)C(C)(C)C. The molecule has 0 saturated heterocycles. The van der Waals surface area contributed by atoms with Crippen molar-refractivity contribution in [3.05, 3.63) is 0 Å². The Hall–Kier alpha value is -0.420. The lowest BCUT2D eigenvalue weighted by molar-refractivity contribution is -0.127. The van der Waals surface area contributed by atoms with E-state index in [0.29, 0.717) is 0 Å². The van der Waals surface area contributed by atoms with Crippen LogP contribution in [0.5, 0.6) is 0 Å². The molecule has 0 aromatic rings. The lowest BCUT2D eigenvalue weighted by Gasteiger charge is -2.34. The third-order valence-electron chi connectivity index (χ3n) is 3.08. The van der Waals surface area contributed by atoms with Crippen LogP contribution in [0.4, 0.5) is 0 Å². The Labute approximate surface area is 117 Å². The van der Waals surface area contributed by atoms with Crippen molar-refractivity contribution in [2.45, 2.75) is 60.8 Å². The minimum atomic E-state index is -3.97. The summed E-state index contributed by atoms with van der Waals surface area (Å²) >= 11 is 0. The van der Waals surface area contributed by atoms with Crippen LogP contribution in [0.25, 0.3) is 0 Å². The zero-order valence-electron chi connectivity index (χ0n) is 13.0. The highest BCUT2D eigenvalue weighted by Crippen LogP contribution is 2.37. The van der Waals surface area contributed by atoms with E-state index in [1.54, 1.807) is 0 Å². The van der Waals surface area contributed by atoms with Crippen LogP contribution in [0.1, 0.15) is 60.8 Å². The van der Waals surface area contributed by atoms with Gasteiger partial charge in [-0.25, -0.2) is 0 Å². The van der Waals surface area contributed by atoms with Gasteiger partial charge in [-0.1, -0.05) is 41.5 Å². The third kappa shape index (κ3) is 9.16. The van der Waals surface area contributed by atoms with Crippen molar-refractivity contribution in [2.75, 3.05) is 5.75 Å². The van der Waals surface area contributed by atoms with Crippen molar-refractivity contribution < 1.29 is 17.8 Å². The molecular weight excluding hydrogens is 264 g/mol. The van der Waals surface area contributed by atoms with E-state index in [2.05, 4.69) is 20.8 Å². The van der Waals surface area contributed by atoms with E-state index in [9.17, 15) is 13.2 Å². The summed E-state index contributed by atoms with van der Waals surface area (Å²) in [6.07, 6.45) is 1.17. The van der Waals surface area contributed by atoms with E-state index in [1.807, 2.05) is 20.8 Å². The molecule has 0 aliphatic heterocycles. The van der Waals surface area contributed by atoms with Gasteiger partial charge in [-0.3, -0.25) is 9.35 Å². The Balaban J connectivity index is 4.67. The number of rotatable bonds is 6. The monoisotopic (exact) mass is 292 g/mol. The quantitative estimate of drug-likeness (QED) is 0.762. The zero-order valence-corrected chi connectivity index (χ0v) is 13.8. The van der Waals surface area contributed by atoms with Gasteiger partial charge in [-0.05, 0) is 23.7 Å². The largest absolute Gasteiger partial charge is 0.299 e. The van der Waals surface area contributed by atoms with Crippen molar-refractivity contribution in [3.63, 3.8) is 0 Å². The summed E-state index contributed by atoms with van der Waals surface area (Å²) in [6.45, 7) is 12.4. The minimum Gasteiger partial charge on any atom is -0.299 e. The summed E-state index contributed by atoms with van der Waals surface area (Å²) in [5.74, 6) is -0.342. The zero-order chi connectivity index (χ0) is 15.5. The normalized spacial score (nSPS) is 15.3. The van der Waals surface area contributed by atoms with Gasteiger partial charge in [-0.2, -0.15) is 8.42 Å². The fraction of sp³-hybridized carbons (Fsp3) is 0.929. The second kappa shape index (κ2) is 6.35. The van der Waals surface area contributed by atoms with Gasteiger partial charge in [0.25, 0.3) is 10.1 Å². The van der Waals surface area contributed by atoms with Gasteiger partial charge in [0.1, 0.15) is 5.78 Å². The second-order valence-electron chi connectivity index (χ2n) is 7.54. The average Bonchev–Trinajstić information content (AvgIpc) is 2.08. The summed E-state index contributed by atoms with van der Waals surface area (Å²) in [7, 11) is -3.97. The molecule has 4 nitrogen and oxygen atoms in total. The van der Waals surface area contributed by atoms with Gasteiger partial charge < -0.3 is 0 Å². The molecule has 0 aromatic heterocycles. The van der Waals surface area contributed by atoms with Crippen LogP contribution in [0, 0.1) is 16.7 Å². The topological polar surface area (TPSA) is 71.4 Å². The number of Topliss-reactive ketones (excluding diaryl/α,β-unsaturated/α-hetero) is 1. The average molecular weight is 292 g/mol. The molecule has 0 heterocycles. The van der Waals surface area contributed by atoms with E-state index in [4.69, 9.17) is 4.55 Å². The van der Waals surface area contributed by atoms with E-state index in [0.717, 1.165) is 6.42 Å². The Morgan fingerprint density at radius 3 is 1.89 bits per heavy atom. The summed E-state index contributed by atoms with van der Waals surface area (Å²) in [6, 6.07) is 0. The van der Waals surface area contributed by atoms with Gasteiger partial charge in [0, 0.05) is 12.3 Å². The summed E-state index contributed by atoms with van der Waals surface area (Å²) in [5, 5.41) is 0. The second-order valence-corrected chi connectivity index (χ2v) is 9.11. The van der Waals surface area contributed by atoms with Crippen molar-refractivity contribution in [3.8, 4) is 0 Å². The van der Waals surface area contributed by atoms with Gasteiger partial charge in [0.05, 0.1) is 5.75 Å². The minimum absolute atomic E-state index is 0.0522. The first kappa shape index (κ1) is 18.6. The molecule has 0 radical (unpaired) electrons. The summed E-state index contributed by atoms with van der Waals surface area (Å²) < 4.78 is 30.0. The highest BCUT2D eigenvalue weighted by Gasteiger charge is 2.33.